The molecule has 1 saturated heterocycles. The number of aryl methyl sites for hydroxylation is 3. The Labute approximate surface area is 125 Å². The van der Waals surface area contributed by atoms with E-state index in [1.54, 1.807) is 0 Å². The van der Waals surface area contributed by atoms with Crippen molar-refractivity contribution in [2.45, 2.75) is 46.7 Å². The van der Waals surface area contributed by atoms with Gasteiger partial charge in [-0.05, 0) is 46.1 Å². The molecule has 1 atom stereocenters. The van der Waals surface area contributed by atoms with E-state index in [1.807, 2.05) is 31.5 Å². The summed E-state index contributed by atoms with van der Waals surface area (Å²) in [6, 6.07) is 2.02. The van der Waals surface area contributed by atoms with Crippen LogP contribution < -0.4 is 0 Å². The molecule has 6 heteroatoms. The molecule has 0 radical (unpaired) electrons. The number of likely N-dealkylation sites (tertiary alicyclic amines) is 1. The second-order valence-electron chi connectivity index (χ2n) is 6.07. The minimum Gasteiger partial charge on any atom is -0.360 e. The number of hydrogen-bond donors (Lipinski definition) is 0. The first-order chi connectivity index (χ1) is 10.1. The highest BCUT2D eigenvalue weighted by Gasteiger charge is 2.22. The second-order valence-corrected chi connectivity index (χ2v) is 6.07. The van der Waals surface area contributed by atoms with Crippen LogP contribution in [0.1, 0.15) is 35.9 Å². The van der Waals surface area contributed by atoms with Crippen LogP contribution in [-0.2, 0) is 13.1 Å². The van der Waals surface area contributed by atoms with E-state index >= 15 is 0 Å². The van der Waals surface area contributed by atoms with Crippen LogP contribution in [0.3, 0.4) is 0 Å². The maximum absolute atomic E-state index is 5.32. The average molecular weight is 289 g/mol. The summed E-state index contributed by atoms with van der Waals surface area (Å²) in [4.78, 5) is 6.83. The molecule has 0 unspecified atom stereocenters. The van der Waals surface area contributed by atoms with Gasteiger partial charge in [-0.3, -0.25) is 4.90 Å². The number of hydrogen-bond acceptors (Lipinski definition) is 5. The third-order valence-electron chi connectivity index (χ3n) is 4.05. The van der Waals surface area contributed by atoms with Gasteiger partial charge in [-0.1, -0.05) is 5.16 Å². The molecule has 1 aliphatic heterocycles. The van der Waals surface area contributed by atoms with Gasteiger partial charge in [0.1, 0.15) is 11.6 Å². The van der Waals surface area contributed by atoms with E-state index in [9.17, 15) is 0 Å². The highest BCUT2D eigenvalue weighted by atomic mass is 16.5. The zero-order chi connectivity index (χ0) is 14.8. The van der Waals surface area contributed by atoms with Crippen molar-refractivity contribution < 1.29 is 4.52 Å². The molecule has 2 aromatic heterocycles. The summed E-state index contributed by atoms with van der Waals surface area (Å²) in [6.07, 6.45) is 2.48. The van der Waals surface area contributed by atoms with Gasteiger partial charge in [0, 0.05) is 19.2 Å². The Morgan fingerprint density at radius 1 is 1.33 bits per heavy atom. The molecular weight excluding hydrogens is 266 g/mol. The zero-order valence-corrected chi connectivity index (χ0v) is 13.0. The Kier molecular flexibility index (Phi) is 4.05. The molecular formula is C15H23N5O. The summed E-state index contributed by atoms with van der Waals surface area (Å²) in [5.74, 6) is 3.45. The molecule has 0 saturated carbocycles. The van der Waals surface area contributed by atoms with Gasteiger partial charge in [0.15, 0.2) is 5.76 Å². The fourth-order valence-corrected chi connectivity index (χ4v) is 3.13. The van der Waals surface area contributed by atoms with E-state index in [0.717, 1.165) is 49.3 Å². The molecule has 1 fully saturated rings. The number of rotatable bonds is 4. The SMILES string of the molecule is Cc1cc(CN2CCC[C@H](Cn3nc(C)nc3C)C2)on1. The predicted molar refractivity (Wildman–Crippen MR) is 78.7 cm³/mol. The Morgan fingerprint density at radius 2 is 2.19 bits per heavy atom. The van der Waals surface area contributed by atoms with Crippen molar-refractivity contribution in [3.63, 3.8) is 0 Å². The zero-order valence-electron chi connectivity index (χ0n) is 13.0. The van der Waals surface area contributed by atoms with E-state index in [-0.39, 0.29) is 0 Å². The van der Waals surface area contributed by atoms with Gasteiger partial charge in [-0.15, -0.1) is 0 Å². The van der Waals surface area contributed by atoms with Crippen molar-refractivity contribution in [2.75, 3.05) is 13.1 Å². The number of aromatic nitrogens is 4. The van der Waals surface area contributed by atoms with E-state index < -0.39 is 0 Å². The Morgan fingerprint density at radius 3 is 2.86 bits per heavy atom. The lowest BCUT2D eigenvalue weighted by Crippen LogP contribution is -2.36. The van der Waals surface area contributed by atoms with Crippen LogP contribution in [0.25, 0.3) is 0 Å². The summed E-state index contributed by atoms with van der Waals surface area (Å²) < 4.78 is 7.37. The Bertz CT molecular complexity index is 603. The molecule has 0 amide bonds. The molecule has 2 aromatic rings. The summed E-state index contributed by atoms with van der Waals surface area (Å²) >= 11 is 0. The predicted octanol–water partition coefficient (Wildman–Crippen LogP) is 2.10. The largest absolute Gasteiger partial charge is 0.360 e. The maximum Gasteiger partial charge on any atom is 0.150 e. The molecule has 0 bridgehead atoms. The van der Waals surface area contributed by atoms with Crippen molar-refractivity contribution in [1.82, 2.24) is 24.8 Å². The van der Waals surface area contributed by atoms with E-state index in [4.69, 9.17) is 4.52 Å². The van der Waals surface area contributed by atoms with E-state index in [0.29, 0.717) is 5.92 Å². The van der Waals surface area contributed by atoms with Gasteiger partial charge in [0.25, 0.3) is 0 Å². The fraction of sp³-hybridized carbons (Fsp3) is 0.667. The van der Waals surface area contributed by atoms with Crippen LogP contribution in [-0.4, -0.2) is 37.9 Å². The molecule has 21 heavy (non-hydrogen) atoms. The van der Waals surface area contributed by atoms with Gasteiger partial charge in [-0.25, -0.2) is 9.67 Å². The molecule has 114 valence electrons. The van der Waals surface area contributed by atoms with Gasteiger partial charge in [-0.2, -0.15) is 5.10 Å². The highest BCUT2D eigenvalue weighted by molar-refractivity contribution is 5.03. The molecule has 0 spiro atoms. The van der Waals surface area contributed by atoms with Crippen LogP contribution >= 0.6 is 0 Å². The monoisotopic (exact) mass is 289 g/mol. The van der Waals surface area contributed by atoms with E-state index in [1.165, 1.54) is 12.8 Å². The first-order valence-corrected chi connectivity index (χ1v) is 7.63. The van der Waals surface area contributed by atoms with E-state index in [2.05, 4.69) is 20.1 Å². The first-order valence-electron chi connectivity index (χ1n) is 7.63. The first kappa shape index (κ1) is 14.3. The maximum atomic E-state index is 5.32. The lowest BCUT2D eigenvalue weighted by Gasteiger charge is -2.32. The van der Waals surface area contributed by atoms with Crippen molar-refractivity contribution in [3.05, 3.63) is 29.2 Å². The molecule has 0 aromatic carbocycles. The molecule has 3 heterocycles. The Balaban J connectivity index is 1.59. The van der Waals surface area contributed by atoms with Gasteiger partial charge in [0.05, 0.1) is 12.2 Å². The molecule has 1 aliphatic rings. The third-order valence-corrected chi connectivity index (χ3v) is 4.05. The third kappa shape index (κ3) is 3.50. The van der Waals surface area contributed by atoms with Gasteiger partial charge < -0.3 is 4.52 Å². The topological polar surface area (TPSA) is 60.0 Å². The minimum absolute atomic E-state index is 0.627. The van der Waals surface area contributed by atoms with Crippen LogP contribution in [0.2, 0.25) is 0 Å². The van der Waals surface area contributed by atoms with Crippen molar-refractivity contribution in [3.8, 4) is 0 Å². The Hall–Kier alpha value is -1.69. The van der Waals surface area contributed by atoms with Crippen LogP contribution in [0, 0.1) is 26.7 Å². The smallest absolute Gasteiger partial charge is 0.150 e. The normalized spacial score (nSPS) is 20.0. The summed E-state index contributed by atoms with van der Waals surface area (Å²) in [5, 5.41) is 8.43. The molecule has 0 N–H and O–H groups in total. The fourth-order valence-electron chi connectivity index (χ4n) is 3.13. The number of nitrogens with zero attached hydrogens (tertiary/aromatic N) is 5. The highest BCUT2D eigenvalue weighted by Crippen LogP contribution is 2.20. The second kappa shape index (κ2) is 5.97. The molecule has 6 nitrogen and oxygen atoms in total. The van der Waals surface area contributed by atoms with Gasteiger partial charge in [0.2, 0.25) is 0 Å². The molecule has 0 aliphatic carbocycles. The average Bonchev–Trinajstić information content (AvgIpc) is 2.96. The van der Waals surface area contributed by atoms with Crippen LogP contribution in [0.4, 0.5) is 0 Å². The standard InChI is InChI=1S/C15H23N5O/c1-11-7-15(21-18-11)10-19-6-4-5-14(8-19)9-20-13(3)16-12(2)17-20/h7,14H,4-6,8-10H2,1-3H3/t14-/m0/s1. The van der Waals surface area contributed by atoms with Crippen molar-refractivity contribution in [1.29, 1.82) is 0 Å². The summed E-state index contributed by atoms with van der Waals surface area (Å²) in [7, 11) is 0. The number of piperidine rings is 1. The van der Waals surface area contributed by atoms with Crippen molar-refractivity contribution >= 4 is 0 Å². The summed E-state index contributed by atoms with van der Waals surface area (Å²) in [5.41, 5.74) is 0.951. The van der Waals surface area contributed by atoms with Crippen LogP contribution in [0.15, 0.2) is 10.6 Å². The summed E-state index contributed by atoms with van der Waals surface area (Å²) in [6.45, 7) is 9.96. The van der Waals surface area contributed by atoms with Crippen LogP contribution in [0.5, 0.6) is 0 Å². The quantitative estimate of drug-likeness (QED) is 0.862. The minimum atomic E-state index is 0.627. The molecule has 3 rings (SSSR count). The van der Waals surface area contributed by atoms with Crippen molar-refractivity contribution in [2.24, 2.45) is 5.92 Å². The lowest BCUT2D eigenvalue weighted by atomic mass is 9.98. The lowest BCUT2D eigenvalue weighted by molar-refractivity contribution is 0.140. The van der Waals surface area contributed by atoms with Gasteiger partial charge >= 0.3 is 0 Å².